The van der Waals surface area contributed by atoms with Crippen molar-refractivity contribution in [1.29, 1.82) is 0 Å². The van der Waals surface area contributed by atoms with Crippen LogP contribution in [-0.2, 0) is 13.7 Å². The van der Waals surface area contributed by atoms with Crippen LogP contribution in [0.25, 0.3) is 11.1 Å². The number of carbonyl (C=O) groups excluding carboxylic acids is 1. The largest absolute Gasteiger partial charge is 0.496 e. The Morgan fingerprint density at radius 2 is 2.00 bits per heavy atom. The predicted molar refractivity (Wildman–Crippen MR) is 130 cm³/mol. The minimum Gasteiger partial charge on any atom is -0.496 e. The van der Waals surface area contributed by atoms with Crippen LogP contribution in [0.5, 0.6) is 10.9 Å². The Bertz CT molecular complexity index is 1400. The standard InChI is InChI=1S/C23H20ClN5O4S/c1-13-4-6-15(25-10-13)12-33-23-28-27-22(34-23)26-21(31)17-9-20(30)29(2)11-18(17)16-8-14(24)5-7-19(16)32-3/h4-11H,12H2,1-3H3,(H,26,27,31). The summed E-state index contributed by atoms with van der Waals surface area (Å²) in [7, 11) is 3.12. The molecule has 0 fully saturated rings. The Hall–Kier alpha value is -3.76. The van der Waals surface area contributed by atoms with E-state index in [2.05, 4.69) is 20.5 Å². The highest BCUT2D eigenvalue weighted by Crippen LogP contribution is 2.34. The number of anilines is 1. The van der Waals surface area contributed by atoms with Gasteiger partial charge < -0.3 is 14.0 Å². The molecule has 1 amide bonds. The molecule has 0 atom stereocenters. The fraction of sp³-hybridized carbons (Fsp3) is 0.174. The number of rotatable bonds is 7. The molecule has 0 aliphatic heterocycles. The molecule has 0 spiro atoms. The Morgan fingerprint density at radius 1 is 1.18 bits per heavy atom. The number of carbonyl (C=O) groups is 1. The number of nitrogens with one attached hydrogen (secondary N) is 1. The van der Waals surface area contributed by atoms with Gasteiger partial charge in [-0.05, 0) is 48.1 Å². The van der Waals surface area contributed by atoms with Gasteiger partial charge >= 0.3 is 0 Å². The van der Waals surface area contributed by atoms with Crippen LogP contribution in [0.3, 0.4) is 0 Å². The molecule has 1 aromatic carbocycles. The minimum absolute atomic E-state index is 0.144. The summed E-state index contributed by atoms with van der Waals surface area (Å²) in [5.74, 6) is -0.0222. The predicted octanol–water partition coefficient (Wildman–Crippen LogP) is 4.10. The van der Waals surface area contributed by atoms with Gasteiger partial charge in [0.05, 0.1) is 18.4 Å². The highest BCUT2D eigenvalue weighted by molar-refractivity contribution is 7.17. The zero-order valence-corrected chi connectivity index (χ0v) is 20.1. The quantitative estimate of drug-likeness (QED) is 0.409. The van der Waals surface area contributed by atoms with E-state index in [1.165, 1.54) is 17.7 Å². The topological polar surface area (TPSA) is 108 Å². The summed E-state index contributed by atoms with van der Waals surface area (Å²) in [5.41, 5.74) is 2.64. The van der Waals surface area contributed by atoms with Crippen molar-refractivity contribution >= 4 is 34.0 Å². The van der Waals surface area contributed by atoms with Crippen molar-refractivity contribution in [3.63, 3.8) is 0 Å². The SMILES string of the molecule is COc1ccc(Cl)cc1-c1cn(C)c(=O)cc1C(=O)Nc1nnc(OCc2ccc(C)cn2)s1. The van der Waals surface area contributed by atoms with E-state index in [1.54, 1.807) is 37.6 Å². The van der Waals surface area contributed by atoms with Crippen LogP contribution >= 0.6 is 22.9 Å². The fourth-order valence-electron chi connectivity index (χ4n) is 3.13. The van der Waals surface area contributed by atoms with E-state index in [0.717, 1.165) is 22.6 Å². The number of pyridine rings is 2. The number of aromatic nitrogens is 4. The van der Waals surface area contributed by atoms with E-state index < -0.39 is 5.91 Å². The molecule has 0 unspecified atom stereocenters. The van der Waals surface area contributed by atoms with Crippen LogP contribution in [0.1, 0.15) is 21.6 Å². The van der Waals surface area contributed by atoms with Gasteiger partial charge in [-0.15, -0.1) is 5.10 Å². The van der Waals surface area contributed by atoms with Crippen LogP contribution < -0.4 is 20.3 Å². The molecule has 1 N–H and O–H groups in total. The zero-order valence-electron chi connectivity index (χ0n) is 18.5. The molecule has 0 radical (unpaired) electrons. The number of nitrogens with zero attached hydrogens (tertiary/aromatic N) is 4. The first kappa shape index (κ1) is 23.4. The second-order valence-corrected chi connectivity index (χ2v) is 8.71. The lowest BCUT2D eigenvalue weighted by molar-refractivity contribution is 0.102. The molecule has 4 rings (SSSR count). The average molecular weight is 498 g/mol. The summed E-state index contributed by atoms with van der Waals surface area (Å²) in [5, 5.41) is 11.6. The van der Waals surface area contributed by atoms with E-state index in [0.29, 0.717) is 21.9 Å². The van der Waals surface area contributed by atoms with Crippen molar-refractivity contribution in [3.05, 3.63) is 81.0 Å². The maximum atomic E-state index is 13.1. The van der Waals surface area contributed by atoms with Crippen molar-refractivity contribution in [1.82, 2.24) is 19.7 Å². The Balaban J connectivity index is 1.57. The Kier molecular flexibility index (Phi) is 6.90. The van der Waals surface area contributed by atoms with Crippen molar-refractivity contribution in [3.8, 4) is 22.1 Å². The van der Waals surface area contributed by atoms with Gasteiger partial charge in [0.1, 0.15) is 12.4 Å². The van der Waals surface area contributed by atoms with E-state index in [4.69, 9.17) is 21.1 Å². The van der Waals surface area contributed by atoms with E-state index in [-0.39, 0.29) is 28.1 Å². The van der Waals surface area contributed by atoms with Crippen LogP contribution in [0.2, 0.25) is 5.02 Å². The van der Waals surface area contributed by atoms with Gasteiger partial charge in [-0.1, -0.05) is 22.8 Å². The van der Waals surface area contributed by atoms with Gasteiger partial charge in [0, 0.05) is 41.7 Å². The van der Waals surface area contributed by atoms with E-state index in [1.807, 2.05) is 19.1 Å². The molecule has 9 nitrogen and oxygen atoms in total. The number of benzene rings is 1. The smallest absolute Gasteiger partial charge is 0.296 e. The molecule has 0 saturated carbocycles. The summed E-state index contributed by atoms with van der Waals surface area (Å²) in [6.45, 7) is 2.17. The van der Waals surface area contributed by atoms with Gasteiger partial charge in [0.25, 0.3) is 16.7 Å². The summed E-state index contributed by atoms with van der Waals surface area (Å²) < 4.78 is 12.4. The molecule has 0 saturated heterocycles. The molecular formula is C23H20ClN5O4S. The number of hydrogen-bond donors (Lipinski definition) is 1. The molecule has 11 heteroatoms. The molecule has 34 heavy (non-hydrogen) atoms. The van der Waals surface area contributed by atoms with Crippen LogP contribution in [0, 0.1) is 6.92 Å². The van der Waals surface area contributed by atoms with Crippen molar-refractivity contribution in [2.45, 2.75) is 13.5 Å². The molecule has 3 heterocycles. The number of aryl methyl sites for hydroxylation is 2. The third-order valence-corrected chi connectivity index (χ3v) is 5.85. The maximum absolute atomic E-state index is 13.1. The van der Waals surface area contributed by atoms with E-state index >= 15 is 0 Å². The highest BCUT2D eigenvalue weighted by Gasteiger charge is 2.20. The summed E-state index contributed by atoms with van der Waals surface area (Å²) in [6, 6.07) is 10.1. The zero-order chi connectivity index (χ0) is 24.2. The van der Waals surface area contributed by atoms with Crippen molar-refractivity contribution in [2.75, 3.05) is 12.4 Å². The number of amides is 1. The molecule has 0 bridgehead atoms. The van der Waals surface area contributed by atoms with Gasteiger partial charge in [-0.25, -0.2) is 0 Å². The van der Waals surface area contributed by atoms with Crippen molar-refractivity contribution < 1.29 is 14.3 Å². The van der Waals surface area contributed by atoms with Crippen LogP contribution in [0.15, 0.2) is 53.6 Å². The molecule has 174 valence electrons. The minimum atomic E-state index is -0.530. The molecule has 0 aliphatic carbocycles. The summed E-state index contributed by atoms with van der Waals surface area (Å²) in [4.78, 5) is 29.7. The van der Waals surface area contributed by atoms with Crippen molar-refractivity contribution in [2.24, 2.45) is 7.05 Å². The van der Waals surface area contributed by atoms with Crippen LogP contribution in [-0.4, -0.2) is 32.8 Å². The summed E-state index contributed by atoms with van der Waals surface area (Å²) in [6.07, 6.45) is 3.32. The second-order valence-electron chi connectivity index (χ2n) is 7.34. The maximum Gasteiger partial charge on any atom is 0.296 e. The first-order valence-corrected chi connectivity index (χ1v) is 11.3. The fourth-order valence-corrected chi connectivity index (χ4v) is 3.89. The Morgan fingerprint density at radius 3 is 2.74 bits per heavy atom. The lowest BCUT2D eigenvalue weighted by atomic mass is 10.0. The molecular weight excluding hydrogens is 478 g/mol. The van der Waals surface area contributed by atoms with Gasteiger partial charge in [-0.2, -0.15) is 0 Å². The Labute approximate surface area is 204 Å². The number of halogens is 1. The normalized spacial score (nSPS) is 10.7. The summed E-state index contributed by atoms with van der Waals surface area (Å²) >= 11 is 7.25. The third-order valence-electron chi connectivity index (χ3n) is 4.87. The lowest BCUT2D eigenvalue weighted by Crippen LogP contribution is -2.21. The van der Waals surface area contributed by atoms with Gasteiger partial charge in [-0.3, -0.25) is 19.9 Å². The average Bonchev–Trinajstić information content (AvgIpc) is 3.27. The monoisotopic (exact) mass is 497 g/mol. The first-order valence-electron chi connectivity index (χ1n) is 10.1. The lowest BCUT2D eigenvalue weighted by Gasteiger charge is -2.14. The van der Waals surface area contributed by atoms with Gasteiger partial charge in [0.15, 0.2) is 0 Å². The third kappa shape index (κ3) is 5.24. The number of hydrogen-bond acceptors (Lipinski definition) is 8. The molecule has 4 aromatic rings. The van der Waals surface area contributed by atoms with Gasteiger partial charge in [0.2, 0.25) is 5.13 Å². The highest BCUT2D eigenvalue weighted by atomic mass is 35.5. The number of ether oxygens (including phenoxy) is 2. The second kappa shape index (κ2) is 10.0. The van der Waals surface area contributed by atoms with Crippen LogP contribution in [0.4, 0.5) is 5.13 Å². The molecule has 3 aromatic heterocycles. The first-order chi connectivity index (χ1) is 16.3. The number of methoxy groups -OCH3 is 1. The molecule has 0 aliphatic rings. The van der Waals surface area contributed by atoms with E-state index in [9.17, 15) is 9.59 Å².